The van der Waals surface area contributed by atoms with Gasteiger partial charge < -0.3 is 19.7 Å². The number of carbonyl (C=O) groups is 2. The van der Waals surface area contributed by atoms with Crippen molar-refractivity contribution in [2.24, 2.45) is 0 Å². The Morgan fingerprint density at radius 2 is 1.62 bits per heavy atom. The highest BCUT2D eigenvalue weighted by molar-refractivity contribution is 7.92. The molecule has 3 aromatic rings. The molecule has 0 unspecified atom stereocenters. The van der Waals surface area contributed by atoms with Crippen molar-refractivity contribution in [2.75, 3.05) is 32.1 Å². The number of likely N-dealkylation sites (N-methyl/N-ethyl adjacent to an activating group) is 1. The molecule has 0 saturated carbocycles. The molecule has 0 radical (unpaired) electrons. The number of benzene rings is 3. The van der Waals surface area contributed by atoms with Gasteiger partial charge in [-0.25, -0.2) is 8.42 Å². The van der Waals surface area contributed by atoms with E-state index in [2.05, 4.69) is 5.32 Å². The van der Waals surface area contributed by atoms with Gasteiger partial charge in [0, 0.05) is 24.7 Å². The van der Waals surface area contributed by atoms with Crippen LogP contribution in [0.2, 0.25) is 5.02 Å². The number of rotatable bonds is 11. The number of nitrogens with one attached hydrogen (secondary N) is 1. The monoisotopic (exact) mass is 573 g/mol. The van der Waals surface area contributed by atoms with Crippen LogP contribution in [-0.4, -0.2) is 59.0 Å². The van der Waals surface area contributed by atoms with E-state index >= 15 is 0 Å². The van der Waals surface area contributed by atoms with E-state index in [0.717, 1.165) is 15.4 Å². The van der Waals surface area contributed by atoms with Crippen molar-refractivity contribution in [1.29, 1.82) is 0 Å². The van der Waals surface area contributed by atoms with Crippen LogP contribution in [0, 0.1) is 6.92 Å². The van der Waals surface area contributed by atoms with Crippen LogP contribution in [-0.2, 0) is 26.2 Å². The largest absolute Gasteiger partial charge is 0.493 e. The lowest BCUT2D eigenvalue weighted by atomic mass is 10.1. The first-order valence-corrected chi connectivity index (χ1v) is 13.9. The molecule has 0 aliphatic carbocycles. The average molecular weight is 574 g/mol. The summed E-state index contributed by atoms with van der Waals surface area (Å²) in [5, 5.41) is 2.97. The third kappa shape index (κ3) is 6.82. The Kier molecular flexibility index (Phi) is 9.82. The molecular weight excluding hydrogens is 542 g/mol. The van der Waals surface area contributed by atoms with Gasteiger partial charge >= 0.3 is 0 Å². The van der Waals surface area contributed by atoms with Gasteiger partial charge in [0.05, 0.1) is 24.8 Å². The summed E-state index contributed by atoms with van der Waals surface area (Å²) in [7, 11) is 0.0509. The lowest BCUT2D eigenvalue weighted by molar-refractivity contribution is -0.139. The van der Waals surface area contributed by atoms with Crippen molar-refractivity contribution in [1.82, 2.24) is 10.2 Å². The fraction of sp³-hybridized carbons (Fsp3) is 0.286. The number of amides is 2. The standard InChI is InChI=1S/C28H32ClN3O6S/c1-19-8-6-7-9-21(19)17-31(20(2)28(34)30-3)27(33)18-32(23-12-10-22(29)11-13-23)39(35,36)24-14-15-25(37-4)26(16-24)38-5/h6-16,20H,17-18H2,1-5H3,(H,30,34)/t20-/m0/s1. The van der Waals surface area contributed by atoms with Crippen molar-refractivity contribution in [3.05, 3.63) is 82.9 Å². The topological polar surface area (TPSA) is 105 Å². The van der Waals surface area contributed by atoms with Gasteiger partial charge in [0.1, 0.15) is 12.6 Å². The summed E-state index contributed by atoms with van der Waals surface area (Å²) in [6.45, 7) is 3.06. The minimum atomic E-state index is -4.28. The number of halogens is 1. The Labute approximate surface area is 234 Å². The maximum absolute atomic E-state index is 14.0. The van der Waals surface area contributed by atoms with Crippen molar-refractivity contribution in [2.45, 2.75) is 31.3 Å². The fourth-order valence-corrected chi connectivity index (χ4v) is 5.56. The van der Waals surface area contributed by atoms with Crippen molar-refractivity contribution in [3.63, 3.8) is 0 Å². The smallest absolute Gasteiger partial charge is 0.264 e. The van der Waals surface area contributed by atoms with E-state index in [1.54, 1.807) is 6.92 Å². The number of nitrogens with zero attached hydrogens (tertiary/aromatic N) is 2. The number of ether oxygens (including phenoxy) is 2. The van der Waals surface area contributed by atoms with Gasteiger partial charge in [-0.3, -0.25) is 13.9 Å². The number of anilines is 1. The predicted molar refractivity (Wildman–Crippen MR) is 151 cm³/mol. The number of methoxy groups -OCH3 is 2. The van der Waals surface area contributed by atoms with E-state index in [0.29, 0.717) is 10.8 Å². The number of aryl methyl sites for hydroxylation is 1. The molecule has 0 spiro atoms. The van der Waals surface area contributed by atoms with Crippen molar-refractivity contribution >= 4 is 39.1 Å². The summed E-state index contributed by atoms with van der Waals surface area (Å²) in [5.74, 6) is -0.365. The average Bonchev–Trinajstić information content (AvgIpc) is 2.94. The van der Waals surface area contributed by atoms with E-state index in [-0.39, 0.29) is 28.8 Å². The van der Waals surface area contributed by atoms with Gasteiger partial charge in [-0.1, -0.05) is 35.9 Å². The summed E-state index contributed by atoms with van der Waals surface area (Å²) in [6, 6.07) is 16.9. The Balaban J connectivity index is 2.08. The summed E-state index contributed by atoms with van der Waals surface area (Å²) >= 11 is 6.06. The van der Waals surface area contributed by atoms with E-state index in [9.17, 15) is 18.0 Å². The van der Waals surface area contributed by atoms with Crippen LogP contribution in [0.5, 0.6) is 11.5 Å². The van der Waals surface area contributed by atoms with Gasteiger partial charge in [-0.15, -0.1) is 0 Å². The summed E-state index contributed by atoms with van der Waals surface area (Å²) in [4.78, 5) is 27.7. The number of sulfonamides is 1. The Morgan fingerprint density at radius 3 is 2.21 bits per heavy atom. The Hall–Kier alpha value is -3.76. The molecule has 0 fully saturated rings. The van der Waals surface area contributed by atoms with Crippen molar-refractivity contribution < 1.29 is 27.5 Å². The zero-order valence-electron chi connectivity index (χ0n) is 22.5. The molecule has 0 aliphatic rings. The molecule has 3 aromatic carbocycles. The van der Waals surface area contributed by atoms with Gasteiger partial charge in [0.2, 0.25) is 11.8 Å². The first-order valence-electron chi connectivity index (χ1n) is 12.1. The molecule has 1 atom stereocenters. The molecule has 11 heteroatoms. The first kappa shape index (κ1) is 29.8. The first-order chi connectivity index (χ1) is 18.5. The van der Waals surface area contributed by atoms with Crippen LogP contribution >= 0.6 is 11.6 Å². The van der Waals surface area contributed by atoms with E-state index < -0.39 is 28.5 Å². The predicted octanol–water partition coefficient (Wildman–Crippen LogP) is 4.02. The third-order valence-corrected chi connectivity index (χ3v) is 8.37. The highest BCUT2D eigenvalue weighted by Gasteiger charge is 2.33. The number of carbonyl (C=O) groups excluding carboxylic acids is 2. The second kappa shape index (κ2) is 12.9. The lowest BCUT2D eigenvalue weighted by Gasteiger charge is -2.32. The normalized spacial score (nSPS) is 11.8. The summed E-state index contributed by atoms with van der Waals surface area (Å²) < 4.78 is 39.5. The number of hydrogen-bond donors (Lipinski definition) is 1. The molecule has 3 rings (SSSR count). The third-order valence-electron chi connectivity index (χ3n) is 6.35. The summed E-state index contributed by atoms with van der Waals surface area (Å²) in [5.41, 5.74) is 2.00. The van der Waals surface area contributed by atoms with E-state index in [4.69, 9.17) is 21.1 Å². The minimum absolute atomic E-state index is 0.104. The maximum atomic E-state index is 14.0. The Morgan fingerprint density at radius 1 is 0.974 bits per heavy atom. The minimum Gasteiger partial charge on any atom is -0.493 e. The molecule has 0 aromatic heterocycles. The molecule has 9 nitrogen and oxygen atoms in total. The molecule has 0 heterocycles. The van der Waals surface area contributed by atoms with Gasteiger partial charge in [-0.2, -0.15) is 0 Å². The van der Waals surface area contributed by atoms with Crippen LogP contribution in [0.3, 0.4) is 0 Å². The quantitative estimate of drug-likeness (QED) is 0.371. The maximum Gasteiger partial charge on any atom is 0.264 e. The zero-order chi connectivity index (χ0) is 28.7. The van der Waals surface area contributed by atoms with Crippen LogP contribution in [0.15, 0.2) is 71.6 Å². The van der Waals surface area contributed by atoms with Gasteiger partial charge in [-0.05, 0) is 61.4 Å². The SMILES string of the molecule is CNC(=O)[C@H](C)N(Cc1ccccc1C)C(=O)CN(c1ccc(Cl)cc1)S(=O)(=O)c1ccc(OC)c(OC)c1. The zero-order valence-corrected chi connectivity index (χ0v) is 24.0. The molecule has 0 aliphatic heterocycles. The second-order valence-electron chi connectivity index (χ2n) is 8.74. The molecule has 1 N–H and O–H groups in total. The molecule has 39 heavy (non-hydrogen) atoms. The molecular formula is C28H32ClN3O6S. The molecule has 2 amide bonds. The fourth-order valence-electron chi connectivity index (χ4n) is 4.00. The van der Waals surface area contributed by atoms with Crippen LogP contribution in [0.1, 0.15) is 18.1 Å². The van der Waals surface area contributed by atoms with Crippen LogP contribution in [0.25, 0.3) is 0 Å². The lowest BCUT2D eigenvalue weighted by Crippen LogP contribution is -2.50. The van der Waals surface area contributed by atoms with Gasteiger partial charge in [0.15, 0.2) is 11.5 Å². The summed E-state index contributed by atoms with van der Waals surface area (Å²) in [6.07, 6.45) is 0. The van der Waals surface area contributed by atoms with E-state index in [1.165, 1.54) is 68.6 Å². The molecule has 208 valence electrons. The van der Waals surface area contributed by atoms with E-state index in [1.807, 2.05) is 31.2 Å². The number of hydrogen-bond acceptors (Lipinski definition) is 6. The van der Waals surface area contributed by atoms with Crippen LogP contribution < -0.4 is 19.1 Å². The molecule has 0 bridgehead atoms. The van der Waals surface area contributed by atoms with Crippen molar-refractivity contribution in [3.8, 4) is 11.5 Å². The van der Waals surface area contributed by atoms with Crippen LogP contribution in [0.4, 0.5) is 5.69 Å². The highest BCUT2D eigenvalue weighted by atomic mass is 35.5. The Bertz CT molecular complexity index is 1430. The molecule has 0 saturated heterocycles. The van der Waals surface area contributed by atoms with Gasteiger partial charge in [0.25, 0.3) is 10.0 Å². The highest BCUT2D eigenvalue weighted by Crippen LogP contribution is 2.32. The second-order valence-corrected chi connectivity index (χ2v) is 11.0.